The van der Waals surface area contributed by atoms with Crippen LogP contribution >= 0.6 is 11.6 Å². The van der Waals surface area contributed by atoms with Crippen molar-refractivity contribution in [1.29, 1.82) is 5.26 Å². The van der Waals surface area contributed by atoms with Crippen molar-refractivity contribution in [2.45, 2.75) is 52.5 Å². The molecule has 0 spiro atoms. The zero-order valence-electron chi connectivity index (χ0n) is 12.2. The van der Waals surface area contributed by atoms with Crippen LogP contribution in [0, 0.1) is 11.3 Å². The number of hydrogen-bond donors (Lipinski definition) is 0. The van der Waals surface area contributed by atoms with Gasteiger partial charge in [-0.25, -0.2) is 9.97 Å². The van der Waals surface area contributed by atoms with Crippen LogP contribution in [0.1, 0.15) is 46.9 Å². The Morgan fingerprint density at radius 3 is 2.47 bits per heavy atom. The van der Waals surface area contributed by atoms with Crippen LogP contribution in [0.3, 0.4) is 0 Å². The molecule has 0 aliphatic heterocycles. The van der Waals surface area contributed by atoms with Gasteiger partial charge in [0.2, 0.25) is 0 Å². The summed E-state index contributed by atoms with van der Waals surface area (Å²) in [6.07, 6.45) is 0.463. The van der Waals surface area contributed by atoms with Crippen molar-refractivity contribution in [3.63, 3.8) is 0 Å². The van der Waals surface area contributed by atoms with E-state index in [1.54, 1.807) is 6.07 Å². The predicted octanol–water partition coefficient (Wildman–Crippen LogP) is 3.56. The first kappa shape index (κ1) is 15.7. The van der Waals surface area contributed by atoms with Crippen LogP contribution in [0.5, 0.6) is 0 Å². The van der Waals surface area contributed by atoms with E-state index in [2.05, 4.69) is 55.6 Å². The average molecular weight is 281 g/mol. The van der Waals surface area contributed by atoms with E-state index in [-0.39, 0.29) is 11.5 Å². The zero-order valence-corrected chi connectivity index (χ0v) is 13.0. The number of hydrogen-bond acceptors (Lipinski definition) is 4. The van der Waals surface area contributed by atoms with E-state index < -0.39 is 0 Å². The SMILES string of the molecule is CC(C)N(CCC#N)c1cc(Cl)nc(C(C)(C)C)n1. The smallest absolute Gasteiger partial charge is 0.137 e. The van der Waals surface area contributed by atoms with E-state index in [9.17, 15) is 0 Å². The molecular weight excluding hydrogens is 260 g/mol. The van der Waals surface area contributed by atoms with E-state index in [1.165, 1.54) is 0 Å². The fourth-order valence-electron chi connectivity index (χ4n) is 1.70. The molecule has 0 atom stereocenters. The Kier molecular flexibility index (Phi) is 5.13. The molecule has 1 aromatic heterocycles. The molecule has 0 saturated heterocycles. The first-order chi connectivity index (χ1) is 8.75. The molecule has 0 unspecified atom stereocenters. The standard InChI is InChI=1S/C14H21ClN4/c1-10(2)19(8-6-7-16)12-9-11(15)17-13(18-12)14(3,4)5/h9-10H,6,8H2,1-5H3. The fourth-order valence-corrected chi connectivity index (χ4v) is 1.87. The zero-order chi connectivity index (χ0) is 14.6. The monoisotopic (exact) mass is 280 g/mol. The summed E-state index contributed by atoms with van der Waals surface area (Å²) in [6.45, 7) is 11.0. The molecule has 0 aromatic carbocycles. The normalized spacial score (nSPS) is 11.5. The van der Waals surface area contributed by atoms with Crippen molar-refractivity contribution in [1.82, 2.24) is 9.97 Å². The third kappa shape index (κ3) is 4.36. The van der Waals surface area contributed by atoms with Crippen molar-refractivity contribution in [3.8, 4) is 6.07 Å². The summed E-state index contributed by atoms with van der Waals surface area (Å²) >= 11 is 6.10. The second-order valence-corrected chi connectivity index (χ2v) is 6.20. The summed E-state index contributed by atoms with van der Waals surface area (Å²) in [5.41, 5.74) is -0.155. The Morgan fingerprint density at radius 2 is 2.00 bits per heavy atom. The van der Waals surface area contributed by atoms with Gasteiger partial charge in [-0.2, -0.15) is 5.26 Å². The molecule has 1 aromatic rings. The molecule has 0 bridgehead atoms. The second-order valence-electron chi connectivity index (χ2n) is 5.82. The lowest BCUT2D eigenvalue weighted by Crippen LogP contribution is -2.33. The quantitative estimate of drug-likeness (QED) is 0.792. The molecule has 0 amide bonds. The predicted molar refractivity (Wildman–Crippen MR) is 78.5 cm³/mol. The summed E-state index contributed by atoms with van der Waals surface area (Å²) in [4.78, 5) is 11.0. The van der Waals surface area contributed by atoms with Gasteiger partial charge in [0.1, 0.15) is 16.8 Å². The van der Waals surface area contributed by atoms with Gasteiger partial charge in [0.05, 0.1) is 12.5 Å². The Hall–Kier alpha value is -1.34. The van der Waals surface area contributed by atoms with E-state index in [1.807, 2.05) is 0 Å². The van der Waals surface area contributed by atoms with Crippen molar-refractivity contribution >= 4 is 17.4 Å². The maximum Gasteiger partial charge on any atom is 0.137 e. The van der Waals surface area contributed by atoms with E-state index in [0.717, 1.165) is 11.6 Å². The summed E-state index contributed by atoms with van der Waals surface area (Å²) < 4.78 is 0. The first-order valence-electron chi connectivity index (χ1n) is 6.44. The van der Waals surface area contributed by atoms with Crippen LogP contribution in [0.2, 0.25) is 5.15 Å². The third-order valence-corrected chi connectivity index (χ3v) is 2.93. The largest absolute Gasteiger partial charge is 0.353 e. The van der Waals surface area contributed by atoms with Gasteiger partial charge in [0.25, 0.3) is 0 Å². The molecule has 19 heavy (non-hydrogen) atoms. The van der Waals surface area contributed by atoms with Gasteiger partial charge in [0, 0.05) is 24.1 Å². The van der Waals surface area contributed by atoms with Crippen LogP contribution < -0.4 is 4.90 Å². The van der Waals surface area contributed by atoms with Gasteiger partial charge in [-0.1, -0.05) is 32.4 Å². The van der Waals surface area contributed by atoms with Crippen molar-refractivity contribution in [2.24, 2.45) is 0 Å². The minimum Gasteiger partial charge on any atom is -0.353 e. The molecule has 1 heterocycles. The molecule has 1 rings (SSSR count). The number of nitrogens with zero attached hydrogens (tertiary/aromatic N) is 4. The highest BCUT2D eigenvalue weighted by molar-refractivity contribution is 6.29. The molecule has 4 nitrogen and oxygen atoms in total. The maximum atomic E-state index is 8.75. The van der Waals surface area contributed by atoms with Crippen LogP contribution in [0.25, 0.3) is 0 Å². The van der Waals surface area contributed by atoms with Gasteiger partial charge in [-0.05, 0) is 13.8 Å². The highest BCUT2D eigenvalue weighted by atomic mass is 35.5. The fraction of sp³-hybridized carbons (Fsp3) is 0.643. The highest BCUT2D eigenvalue weighted by Gasteiger charge is 2.21. The van der Waals surface area contributed by atoms with Crippen molar-refractivity contribution < 1.29 is 0 Å². The van der Waals surface area contributed by atoms with Crippen LogP contribution in [0.15, 0.2) is 6.07 Å². The Morgan fingerprint density at radius 1 is 1.37 bits per heavy atom. The summed E-state index contributed by atoms with van der Waals surface area (Å²) in [6, 6.07) is 4.18. The maximum absolute atomic E-state index is 8.75. The van der Waals surface area contributed by atoms with E-state index in [0.29, 0.717) is 18.1 Å². The van der Waals surface area contributed by atoms with Gasteiger partial charge in [0.15, 0.2) is 0 Å². The van der Waals surface area contributed by atoms with Crippen molar-refractivity contribution in [2.75, 3.05) is 11.4 Å². The number of aromatic nitrogens is 2. The van der Waals surface area contributed by atoms with E-state index >= 15 is 0 Å². The number of rotatable bonds is 4. The topological polar surface area (TPSA) is 52.8 Å². The molecule has 104 valence electrons. The second kappa shape index (κ2) is 6.21. The molecule has 0 aliphatic carbocycles. The molecule has 0 aliphatic rings. The lowest BCUT2D eigenvalue weighted by Gasteiger charge is -2.28. The molecular formula is C14H21ClN4. The minimum atomic E-state index is -0.155. The number of anilines is 1. The van der Waals surface area contributed by atoms with Crippen LogP contribution in [0.4, 0.5) is 5.82 Å². The summed E-state index contributed by atoms with van der Waals surface area (Å²) in [7, 11) is 0. The Labute approximate surface area is 120 Å². The molecule has 0 radical (unpaired) electrons. The first-order valence-corrected chi connectivity index (χ1v) is 6.82. The summed E-state index contributed by atoms with van der Waals surface area (Å²) in [5.74, 6) is 1.51. The molecule has 0 saturated carbocycles. The minimum absolute atomic E-state index is 0.155. The lowest BCUT2D eigenvalue weighted by molar-refractivity contribution is 0.541. The molecule has 0 N–H and O–H groups in total. The van der Waals surface area contributed by atoms with Gasteiger partial charge in [-0.3, -0.25) is 0 Å². The van der Waals surface area contributed by atoms with Gasteiger partial charge >= 0.3 is 0 Å². The lowest BCUT2D eigenvalue weighted by atomic mass is 9.96. The average Bonchev–Trinajstić information content (AvgIpc) is 2.27. The van der Waals surface area contributed by atoms with Gasteiger partial charge < -0.3 is 4.90 Å². The highest BCUT2D eigenvalue weighted by Crippen LogP contribution is 2.25. The van der Waals surface area contributed by atoms with Crippen LogP contribution in [-0.4, -0.2) is 22.6 Å². The molecule has 0 fully saturated rings. The molecule has 5 heteroatoms. The Balaban J connectivity index is 3.17. The number of halogens is 1. The summed E-state index contributed by atoms with van der Waals surface area (Å²) in [5, 5.41) is 9.19. The van der Waals surface area contributed by atoms with Crippen molar-refractivity contribution in [3.05, 3.63) is 17.0 Å². The van der Waals surface area contributed by atoms with E-state index in [4.69, 9.17) is 16.9 Å². The van der Waals surface area contributed by atoms with Gasteiger partial charge in [-0.15, -0.1) is 0 Å². The number of nitriles is 1. The van der Waals surface area contributed by atoms with Crippen LogP contribution in [-0.2, 0) is 5.41 Å². The Bertz CT molecular complexity index is 471. The third-order valence-electron chi connectivity index (χ3n) is 2.73.